The summed E-state index contributed by atoms with van der Waals surface area (Å²) < 4.78 is 5.79. The molecular weight excluding hydrogens is 316 g/mol. The Balaban J connectivity index is 1.73. The lowest BCUT2D eigenvalue weighted by molar-refractivity contribution is -0.133. The molecule has 1 saturated carbocycles. The first-order valence-electron chi connectivity index (χ1n) is 9.19. The number of aryl methyl sites for hydroxylation is 1. The second-order valence-electron chi connectivity index (χ2n) is 7.80. The quantitative estimate of drug-likeness (QED) is 0.893. The molecule has 25 heavy (non-hydrogen) atoms. The van der Waals surface area contributed by atoms with E-state index >= 15 is 0 Å². The number of carbonyl (C=O) groups is 1. The molecule has 1 amide bonds. The number of H-pyrrole nitrogens is 1. The van der Waals surface area contributed by atoms with Crippen molar-refractivity contribution in [3.63, 3.8) is 0 Å². The molecule has 2 N–H and O–H groups in total. The molecule has 6 nitrogen and oxygen atoms in total. The van der Waals surface area contributed by atoms with E-state index in [-0.39, 0.29) is 12.1 Å². The average Bonchev–Trinajstić information content (AvgIpc) is 3.32. The number of nitrogens with zero attached hydrogens (tertiary/aromatic N) is 2. The Morgan fingerprint density at radius 1 is 1.36 bits per heavy atom. The summed E-state index contributed by atoms with van der Waals surface area (Å²) >= 11 is 0. The first-order valence-corrected chi connectivity index (χ1v) is 9.19. The molecule has 0 unspecified atom stereocenters. The number of carbonyl (C=O) groups excluding carboxylic acids is 1. The van der Waals surface area contributed by atoms with Crippen LogP contribution >= 0.6 is 0 Å². The van der Waals surface area contributed by atoms with Gasteiger partial charge in [-0.15, -0.1) is 0 Å². The van der Waals surface area contributed by atoms with Crippen molar-refractivity contribution in [2.45, 2.75) is 58.2 Å². The van der Waals surface area contributed by atoms with Crippen LogP contribution in [0.1, 0.15) is 57.0 Å². The van der Waals surface area contributed by atoms with Crippen molar-refractivity contribution in [3.05, 3.63) is 29.7 Å². The number of aromatic nitrogens is 2. The van der Waals surface area contributed by atoms with E-state index in [1.807, 2.05) is 30.2 Å². The van der Waals surface area contributed by atoms with Gasteiger partial charge < -0.3 is 9.32 Å². The molecule has 0 aromatic carbocycles. The molecule has 1 saturated heterocycles. The standard InChI is InChI=1S/C19H26N4O2/c1-12(2)11-23-17(21-19(18(23)24)8-4-5-9-19)14-10-20-22-16(14)15-7-6-13(3)25-15/h6-7,10,12,17,21H,4-5,8-9,11H2,1-3H3,(H,20,22)/t17-/m0/s1. The largest absolute Gasteiger partial charge is 0.460 e. The van der Waals surface area contributed by atoms with Crippen molar-refractivity contribution in [3.8, 4) is 11.5 Å². The monoisotopic (exact) mass is 342 g/mol. The highest BCUT2D eigenvalue weighted by Crippen LogP contribution is 2.42. The van der Waals surface area contributed by atoms with Gasteiger partial charge in [0.15, 0.2) is 5.76 Å². The maximum absolute atomic E-state index is 13.2. The zero-order chi connectivity index (χ0) is 17.6. The van der Waals surface area contributed by atoms with Gasteiger partial charge in [0.25, 0.3) is 0 Å². The molecular formula is C19H26N4O2. The fourth-order valence-corrected chi connectivity index (χ4v) is 4.23. The topological polar surface area (TPSA) is 74.2 Å². The number of hydrogen-bond acceptors (Lipinski definition) is 4. The van der Waals surface area contributed by atoms with E-state index in [0.29, 0.717) is 5.92 Å². The Hall–Kier alpha value is -2.08. The normalized spacial score (nSPS) is 22.6. The van der Waals surface area contributed by atoms with Gasteiger partial charge in [-0.3, -0.25) is 15.2 Å². The molecule has 0 radical (unpaired) electrons. The fourth-order valence-electron chi connectivity index (χ4n) is 4.23. The van der Waals surface area contributed by atoms with Crippen molar-refractivity contribution in [1.82, 2.24) is 20.4 Å². The van der Waals surface area contributed by atoms with Gasteiger partial charge in [0, 0.05) is 12.1 Å². The molecule has 1 aliphatic carbocycles. The Morgan fingerprint density at radius 2 is 2.12 bits per heavy atom. The Labute approximate surface area is 148 Å². The molecule has 2 fully saturated rings. The third-order valence-electron chi connectivity index (χ3n) is 5.36. The molecule has 1 atom stereocenters. The molecule has 3 heterocycles. The summed E-state index contributed by atoms with van der Waals surface area (Å²) in [5.41, 5.74) is 1.43. The van der Waals surface area contributed by atoms with Crippen molar-refractivity contribution in [2.75, 3.05) is 6.54 Å². The summed E-state index contributed by atoms with van der Waals surface area (Å²) in [6.45, 7) is 6.96. The van der Waals surface area contributed by atoms with Crippen molar-refractivity contribution < 1.29 is 9.21 Å². The average molecular weight is 342 g/mol. The number of nitrogens with one attached hydrogen (secondary N) is 2. The lowest BCUT2D eigenvalue weighted by Gasteiger charge is -2.25. The van der Waals surface area contributed by atoms with Gasteiger partial charge >= 0.3 is 0 Å². The highest BCUT2D eigenvalue weighted by Gasteiger charge is 2.53. The van der Waals surface area contributed by atoms with Crippen LogP contribution in [0, 0.1) is 12.8 Å². The summed E-state index contributed by atoms with van der Waals surface area (Å²) in [5, 5.41) is 11.0. The van der Waals surface area contributed by atoms with Gasteiger partial charge in [0.05, 0.1) is 11.7 Å². The third-order valence-corrected chi connectivity index (χ3v) is 5.36. The summed E-state index contributed by atoms with van der Waals surface area (Å²) in [6, 6.07) is 3.89. The number of amides is 1. The van der Waals surface area contributed by atoms with Gasteiger partial charge in [-0.1, -0.05) is 26.7 Å². The van der Waals surface area contributed by atoms with Crippen LogP contribution in [-0.4, -0.2) is 33.1 Å². The van der Waals surface area contributed by atoms with Gasteiger partial charge in [0.2, 0.25) is 5.91 Å². The number of aromatic amines is 1. The molecule has 4 rings (SSSR count). The van der Waals surface area contributed by atoms with Crippen molar-refractivity contribution in [1.29, 1.82) is 0 Å². The molecule has 2 aromatic heterocycles. The molecule has 2 aliphatic rings. The van der Waals surface area contributed by atoms with Gasteiger partial charge in [-0.05, 0) is 37.8 Å². The molecule has 0 bridgehead atoms. The van der Waals surface area contributed by atoms with Crippen LogP contribution in [0.5, 0.6) is 0 Å². The third kappa shape index (κ3) is 2.68. The predicted octanol–water partition coefficient (Wildman–Crippen LogP) is 3.38. The highest BCUT2D eigenvalue weighted by molar-refractivity contribution is 5.89. The predicted molar refractivity (Wildman–Crippen MR) is 94.7 cm³/mol. The summed E-state index contributed by atoms with van der Waals surface area (Å²) in [5.74, 6) is 2.27. The van der Waals surface area contributed by atoms with Crippen molar-refractivity contribution >= 4 is 5.91 Å². The first-order chi connectivity index (χ1) is 12.0. The van der Waals surface area contributed by atoms with E-state index in [2.05, 4.69) is 29.4 Å². The maximum Gasteiger partial charge on any atom is 0.244 e. The minimum absolute atomic E-state index is 0.160. The summed E-state index contributed by atoms with van der Waals surface area (Å²) in [4.78, 5) is 15.2. The van der Waals surface area contributed by atoms with Crippen LogP contribution in [0.15, 0.2) is 22.7 Å². The van der Waals surface area contributed by atoms with E-state index in [1.54, 1.807) is 0 Å². The molecule has 1 aliphatic heterocycles. The van der Waals surface area contributed by atoms with Crippen LogP contribution in [0.2, 0.25) is 0 Å². The zero-order valence-corrected chi connectivity index (χ0v) is 15.1. The Morgan fingerprint density at radius 3 is 2.76 bits per heavy atom. The van der Waals surface area contributed by atoms with Crippen LogP contribution < -0.4 is 5.32 Å². The second kappa shape index (κ2) is 6.02. The summed E-state index contributed by atoms with van der Waals surface area (Å²) in [6.07, 6.45) is 5.72. The number of hydrogen-bond donors (Lipinski definition) is 2. The highest BCUT2D eigenvalue weighted by atomic mass is 16.3. The van der Waals surface area contributed by atoms with Gasteiger partial charge in [0.1, 0.15) is 17.6 Å². The molecule has 2 aromatic rings. The lowest BCUT2D eigenvalue weighted by Crippen LogP contribution is -2.44. The second-order valence-corrected chi connectivity index (χ2v) is 7.80. The number of rotatable bonds is 4. The van der Waals surface area contributed by atoms with Crippen LogP contribution in [0.25, 0.3) is 11.5 Å². The van der Waals surface area contributed by atoms with E-state index in [0.717, 1.165) is 55.0 Å². The first kappa shape index (κ1) is 16.4. The van der Waals surface area contributed by atoms with E-state index in [4.69, 9.17) is 4.42 Å². The van der Waals surface area contributed by atoms with Crippen LogP contribution in [0.4, 0.5) is 0 Å². The molecule has 6 heteroatoms. The van der Waals surface area contributed by atoms with E-state index in [1.165, 1.54) is 0 Å². The minimum atomic E-state index is -0.396. The minimum Gasteiger partial charge on any atom is -0.460 e. The maximum atomic E-state index is 13.2. The fraction of sp³-hybridized carbons (Fsp3) is 0.579. The number of furan rings is 1. The van der Waals surface area contributed by atoms with Gasteiger partial charge in [-0.2, -0.15) is 5.10 Å². The van der Waals surface area contributed by atoms with E-state index in [9.17, 15) is 4.79 Å². The smallest absolute Gasteiger partial charge is 0.244 e. The Bertz CT molecular complexity index is 770. The van der Waals surface area contributed by atoms with E-state index < -0.39 is 5.54 Å². The van der Waals surface area contributed by atoms with Crippen molar-refractivity contribution in [2.24, 2.45) is 5.92 Å². The Kier molecular flexibility index (Phi) is 3.95. The van der Waals surface area contributed by atoms with Crippen LogP contribution in [-0.2, 0) is 4.79 Å². The molecule has 134 valence electrons. The van der Waals surface area contributed by atoms with Gasteiger partial charge in [-0.25, -0.2) is 0 Å². The lowest BCUT2D eigenvalue weighted by atomic mass is 9.98. The molecule has 1 spiro atoms. The SMILES string of the molecule is Cc1ccc(-c2[nH]ncc2[C@H]2NC3(CCCC3)C(=O)N2CC(C)C)o1. The van der Waals surface area contributed by atoms with Crippen LogP contribution in [0.3, 0.4) is 0 Å². The summed E-state index contributed by atoms with van der Waals surface area (Å²) in [7, 11) is 0. The zero-order valence-electron chi connectivity index (χ0n) is 15.1.